The molecule has 0 bridgehead atoms. The quantitative estimate of drug-likeness (QED) is 0.575. The standard InChI is InChI=1S/C12H18OS/c1-2-3-10-14-12-7-5-4-6-11(12)8-9-13/h4-7,13H,2-3,8-10H2,1H3. The minimum Gasteiger partial charge on any atom is -0.396 e. The zero-order chi connectivity index (χ0) is 10.2. The van der Waals surface area contributed by atoms with E-state index in [0.717, 1.165) is 6.42 Å². The monoisotopic (exact) mass is 210 g/mol. The molecule has 1 aromatic rings. The summed E-state index contributed by atoms with van der Waals surface area (Å²) in [4.78, 5) is 1.33. The molecule has 0 amide bonds. The Morgan fingerprint density at radius 3 is 2.79 bits per heavy atom. The lowest BCUT2D eigenvalue weighted by molar-refractivity contribution is 0.299. The minimum atomic E-state index is 0.241. The van der Waals surface area contributed by atoms with Gasteiger partial charge in [0, 0.05) is 11.5 Å². The van der Waals surface area contributed by atoms with Gasteiger partial charge in [-0.3, -0.25) is 0 Å². The van der Waals surface area contributed by atoms with Crippen molar-refractivity contribution in [2.24, 2.45) is 0 Å². The zero-order valence-electron chi connectivity index (χ0n) is 8.70. The van der Waals surface area contributed by atoms with Crippen LogP contribution in [-0.4, -0.2) is 17.5 Å². The first-order valence-electron chi connectivity index (χ1n) is 5.20. The molecule has 14 heavy (non-hydrogen) atoms. The first-order valence-corrected chi connectivity index (χ1v) is 6.18. The van der Waals surface area contributed by atoms with Gasteiger partial charge in [0.05, 0.1) is 0 Å². The Balaban J connectivity index is 2.55. The molecular weight excluding hydrogens is 192 g/mol. The number of aliphatic hydroxyl groups is 1. The fourth-order valence-corrected chi connectivity index (χ4v) is 2.48. The van der Waals surface area contributed by atoms with Crippen molar-refractivity contribution in [3.8, 4) is 0 Å². The lowest BCUT2D eigenvalue weighted by atomic mass is 10.2. The van der Waals surface area contributed by atoms with Crippen molar-refractivity contribution < 1.29 is 5.11 Å². The van der Waals surface area contributed by atoms with Crippen molar-refractivity contribution in [2.75, 3.05) is 12.4 Å². The van der Waals surface area contributed by atoms with Crippen molar-refractivity contribution in [1.82, 2.24) is 0 Å². The van der Waals surface area contributed by atoms with E-state index in [1.807, 2.05) is 17.8 Å². The zero-order valence-corrected chi connectivity index (χ0v) is 9.52. The maximum atomic E-state index is 8.91. The lowest BCUT2D eigenvalue weighted by Crippen LogP contribution is -1.93. The highest BCUT2D eigenvalue weighted by Gasteiger charge is 2.00. The second-order valence-electron chi connectivity index (χ2n) is 3.28. The van der Waals surface area contributed by atoms with E-state index in [9.17, 15) is 0 Å². The van der Waals surface area contributed by atoms with E-state index in [1.165, 1.54) is 29.1 Å². The Kier molecular flexibility index (Phi) is 5.72. The van der Waals surface area contributed by atoms with Crippen LogP contribution in [0.2, 0.25) is 0 Å². The summed E-state index contributed by atoms with van der Waals surface area (Å²) >= 11 is 1.90. The Hall–Kier alpha value is -0.470. The van der Waals surface area contributed by atoms with Gasteiger partial charge in [0.25, 0.3) is 0 Å². The highest BCUT2D eigenvalue weighted by Crippen LogP contribution is 2.23. The van der Waals surface area contributed by atoms with E-state index in [2.05, 4.69) is 25.1 Å². The fourth-order valence-electron chi connectivity index (χ4n) is 1.30. The number of hydrogen-bond donors (Lipinski definition) is 1. The van der Waals surface area contributed by atoms with Crippen LogP contribution in [-0.2, 0) is 6.42 Å². The summed E-state index contributed by atoms with van der Waals surface area (Å²) in [5.41, 5.74) is 1.27. The summed E-state index contributed by atoms with van der Waals surface area (Å²) in [5, 5.41) is 8.91. The van der Waals surface area contributed by atoms with Gasteiger partial charge < -0.3 is 5.11 Å². The molecule has 1 nitrogen and oxygen atoms in total. The maximum absolute atomic E-state index is 8.91. The first kappa shape index (κ1) is 11.6. The molecule has 0 saturated heterocycles. The van der Waals surface area contributed by atoms with Crippen molar-refractivity contribution in [2.45, 2.75) is 31.1 Å². The normalized spacial score (nSPS) is 10.4. The Morgan fingerprint density at radius 1 is 1.29 bits per heavy atom. The molecule has 2 heteroatoms. The van der Waals surface area contributed by atoms with E-state index in [0.29, 0.717) is 0 Å². The van der Waals surface area contributed by atoms with Crippen molar-refractivity contribution in [3.05, 3.63) is 29.8 Å². The predicted molar refractivity (Wildman–Crippen MR) is 62.9 cm³/mol. The van der Waals surface area contributed by atoms with E-state index in [-0.39, 0.29) is 6.61 Å². The van der Waals surface area contributed by atoms with Gasteiger partial charge in [-0.25, -0.2) is 0 Å². The van der Waals surface area contributed by atoms with Crippen LogP contribution in [0.1, 0.15) is 25.3 Å². The molecule has 1 rings (SSSR count). The lowest BCUT2D eigenvalue weighted by Gasteiger charge is -2.06. The molecule has 0 fully saturated rings. The molecule has 0 aliphatic carbocycles. The Bertz CT molecular complexity index is 260. The molecule has 0 aliphatic heterocycles. The molecule has 0 atom stereocenters. The van der Waals surface area contributed by atoms with E-state index >= 15 is 0 Å². The van der Waals surface area contributed by atoms with Gasteiger partial charge in [-0.1, -0.05) is 31.5 Å². The number of unbranched alkanes of at least 4 members (excludes halogenated alkanes) is 1. The average molecular weight is 210 g/mol. The second-order valence-corrected chi connectivity index (χ2v) is 4.42. The maximum Gasteiger partial charge on any atom is 0.0471 e. The second kappa shape index (κ2) is 6.91. The minimum absolute atomic E-state index is 0.241. The first-order chi connectivity index (χ1) is 6.88. The summed E-state index contributed by atoms with van der Waals surface area (Å²) in [6, 6.07) is 8.35. The third-order valence-electron chi connectivity index (χ3n) is 2.11. The molecule has 0 spiro atoms. The molecule has 0 saturated carbocycles. The topological polar surface area (TPSA) is 20.2 Å². The summed E-state index contributed by atoms with van der Waals surface area (Å²) in [7, 11) is 0. The third-order valence-corrected chi connectivity index (χ3v) is 3.31. The molecule has 1 aromatic carbocycles. The van der Waals surface area contributed by atoms with Gasteiger partial charge in [0.15, 0.2) is 0 Å². The van der Waals surface area contributed by atoms with Gasteiger partial charge in [-0.2, -0.15) is 0 Å². The van der Waals surface area contributed by atoms with Crippen LogP contribution in [0.3, 0.4) is 0 Å². The molecule has 0 aliphatic rings. The molecular formula is C12H18OS. The van der Waals surface area contributed by atoms with Crippen molar-refractivity contribution in [3.63, 3.8) is 0 Å². The summed E-state index contributed by atoms with van der Waals surface area (Å²) in [6.07, 6.45) is 3.28. The van der Waals surface area contributed by atoms with Crippen molar-refractivity contribution in [1.29, 1.82) is 0 Å². The highest BCUT2D eigenvalue weighted by molar-refractivity contribution is 7.99. The van der Waals surface area contributed by atoms with E-state index in [1.54, 1.807) is 0 Å². The van der Waals surface area contributed by atoms with Gasteiger partial charge in [0.1, 0.15) is 0 Å². The molecule has 0 radical (unpaired) electrons. The van der Waals surface area contributed by atoms with Crippen LogP contribution in [0.4, 0.5) is 0 Å². The summed E-state index contributed by atoms with van der Waals surface area (Å²) in [6.45, 7) is 2.45. The Morgan fingerprint density at radius 2 is 2.07 bits per heavy atom. The number of aliphatic hydroxyl groups excluding tert-OH is 1. The van der Waals surface area contributed by atoms with Gasteiger partial charge in [-0.15, -0.1) is 11.8 Å². The largest absolute Gasteiger partial charge is 0.396 e. The number of rotatable bonds is 6. The van der Waals surface area contributed by atoms with Crippen LogP contribution in [0.15, 0.2) is 29.2 Å². The number of thioether (sulfide) groups is 1. The number of hydrogen-bond acceptors (Lipinski definition) is 2. The van der Waals surface area contributed by atoms with Crippen LogP contribution >= 0.6 is 11.8 Å². The van der Waals surface area contributed by atoms with Crippen LogP contribution in [0.5, 0.6) is 0 Å². The van der Waals surface area contributed by atoms with E-state index in [4.69, 9.17) is 5.11 Å². The van der Waals surface area contributed by atoms with Gasteiger partial charge >= 0.3 is 0 Å². The average Bonchev–Trinajstić information content (AvgIpc) is 2.21. The fraction of sp³-hybridized carbons (Fsp3) is 0.500. The van der Waals surface area contributed by atoms with Gasteiger partial charge in [-0.05, 0) is 30.2 Å². The van der Waals surface area contributed by atoms with Crippen LogP contribution < -0.4 is 0 Å². The number of benzene rings is 1. The van der Waals surface area contributed by atoms with Crippen LogP contribution in [0, 0.1) is 0 Å². The molecule has 0 heterocycles. The van der Waals surface area contributed by atoms with E-state index < -0.39 is 0 Å². The summed E-state index contributed by atoms with van der Waals surface area (Å²) < 4.78 is 0. The smallest absolute Gasteiger partial charge is 0.0471 e. The molecule has 0 unspecified atom stereocenters. The molecule has 0 aromatic heterocycles. The SMILES string of the molecule is CCCCSc1ccccc1CCO. The Labute approximate surface area is 90.5 Å². The predicted octanol–water partition coefficient (Wildman–Crippen LogP) is 3.11. The third kappa shape index (κ3) is 3.72. The molecule has 78 valence electrons. The summed E-state index contributed by atoms with van der Waals surface area (Å²) in [5.74, 6) is 1.18. The highest BCUT2D eigenvalue weighted by atomic mass is 32.2. The molecule has 1 N–H and O–H groups in total. The van der Waals surface area contributed by atoms with Gasteiger partial charge in [0.2, 0.25) is 0 Å². The van der Waals surface area contributed by atoms with Crippen molar-refractivity contribution >= 4 is 11.8 Å². The van der Waals surface area contributed by atoms with Crippen LogP contribution in [0.25, 0.3) is 0 Å².